The van der Waals surface area contributed by atoms with Gasteiger partial charge in [-0.2, -0.15) is 0 Å². The van der Waals surface area contributed by atoms with Crippen molar-refractivity contribution in [3.05, 3.63) is 29.8 Å². The Morgan fingerprint density at radius 3 is 2.50 bits per heavy atom. The molecule has 1 heterocycles. The smallest absolute Gasteiger partial charge is 0.230 e. The summed E-state index contributed by atoms with van der Waals surface area (Å²) in [5.74, 6) is 0.362. The Balaban J connectivity index is 2.22. The topological polar surface area (TPSA) is 55.4 Å². The second-order valence-electron chi connectivity index (χ2n) is 5.12. The highest BCUT2D eigenvalue weighted by molar-refractivity contribution is 5.99. The van der Waals surface area contributed by atoms with Crippen LogP contribution in [0.2, 0.25) is 0 Å². The molecule has 1 aromatic rings. The Hall–Kier alpha value is -1.84. The fourth-order valence-electron chi connectivity index (χ4n) is 2.78. The molecule has 0 radical (unpaired) electrons. The van der Waals surface area contributed by atoms with E-state index in [2.05, 4.69) is 12.2 Å². The van der Waals surface area contributed by atoms with Crippen molar-refractivity contribution in [1.82, 2.24) is 5.32 Å². The quantitative estimate of drug-likeness (QED) is 0.840. The van der Waals surface area contributed by atoms with E-state index in [1.54, 1.807) is 0 Å². The van der Waals surface area contributed by atoms with Gasteiger partial charge >= 0.3 is 0 Å². The number of hydrogen-bond donors (Lipinski definition) is 1. The minimum absolute atomic E-state index is 0.0214. The van der Waals surface area contributed by atoms with Crippen molar-refractivity contribution in [2.45, 2.75) is 39.0 Å². The summed E-state index contributed by atoms with van der Waals surface area (Å²) in [6, 6.07) is 7.73. The molecule has 1 aliphatic heterocycles. The van der Waals surface area contributed by atoms with Crippen molar-refractivity contribution in [2.75, 3.05) is 6.61 Å². The number of imide groups is 1. The van der Waals surface area contributed by atoms with Crippen molar-refractivity contribution >= 4 is 11.8 Å². The van der Waals surface area contributed by atoms with E-state index in [1.165, 1.54) is 0 Å². The Bertz CT molecular complexity index is 481. The first-order valence-corrected chi connectivity index (χ1v) is 7.22. The standard InChI is InChI=1S/C16H21NO3/c1-3-5-13-14(10-15(18)17-16(13)19)11-6-8-12(9-7-11)20-4-2/h6-9,13-14H,3-5,10H2,1-2H3,(H,17,18,19). The van der Waals surface area contributed by atoms with E-state index in [0.717, 1.165) is 24.2 Å². The van der Waals surface area contributed by atoms with Gasteiger partial charge in [-0.15, -0.1) is 0 Å². The van der Waals surface area contributed by atoms with Crippen molar-refractivity contribution in [3.8, 4) is 5.75 Å². The lowest BCUT2D eigenvalue weighted by molar-refractivity contribution is -0.137. The average molecular weight is 275 g/mol. The highest BCUT2D eigenvalue weighted by Crippen LogP contribution is 2.34. The van der Waals surface area contributed by atoms with E-state index in [4.69, 9.17) is 4.74 Å². The number of carbonyl (C=O) groups is 2. The minimum atomic E-state index is -0.179. The number of nitrogens with one attached hydrogen (secondary N) is 1. The Kier molecular flexibility index (Phi) is 4.77. The lowest BCUT2D eigenvalue weighted by Gasteiger charge is -2.30. The zero-order valence-corrected chi connectivity index (χ0v) is 12.0. The fraction of sp³-hybridized carbons (Fsp3) is 0.500. The van der Waals surface area contributed by atoms with Crippen molar-refractivity contribution in [1.29, 1.82) is 0 Å². The van der Waals surface area contributed by atoms with Crippen LogP contribution in [0.5, 0.6) is 5.75 Å². The van der Waals surface area contributed by atoms with E-state index in [1.807, 2.05) is 31.2 Å². The van der Waals surface area contributed by atoms with Crippen molar-refractivity contribution < 1.29 is 14.3 Å². The van der Waals surface area contributed by atoms with Crippen LogP contribution in [0.15, 0.2) is 24.3 Å². The molecule has 0 saturated carbocycles. The number of benzene rings is 1. The van der Waals surface area contributed by atoms with Crippen molar-refractivity contribution in [3.63, 3.8) is 0 Å². The van der Waals surface area contributed by atoms with Gasteiger partial charge in [0.15, 0.2) is 0 Å². The summed E-state index contributed by atoms with van der Waals surface area (Å²) in [5, 5.41) is 2.44. The van der Waals surface area contributed by atoms with Gasteiger partial charge in [0.1, 0.15) is 5.75 Å². The molecule has 1 aliphatic rings. The number of hydrogen-bond acceptors (Lipinski definition) is 3. The van der Waals surface area contributed by atoms with Crippen LogP contribution < -0.4 is 10.1 Å². The zero-order valence-electron chi connectivity index (χ0n) is 12.0. The van der Waals surface area contributed by atoms with Gasteiger partial charge in [-0.3, -0.25) is 14.9 Å². The number of carbonyl (C=O) groups excluding carboxylic acids is 2. The van der Waals surface area contributed by atoms with E-state index in [9.17, 15) is 9.59 Å². The van der Waals surface area contributed by atoms with Gasteiger partial charge < -0.3 is 4.74 Å². The van der Waals surface area contributed by atoms with E-state index in [-0.39, 0.29) is 23.7 Å². The molecule has 0 aromatic heterocycles. The maximum atomic E-state index is 12.0. The Labute approximate surface area is 119 Å². The third-order valence-corrected chi connectivity index (χ3v) is 3.71. The van der Waals surface area contributed by atoms with Gasteiger partial charge in [0.2, 0.25) is 11.8 Å². The van der Waals surface area contributed by atoms with Crippen LogP contribution >= 0.6 is 0 Å². The third-order valence-electron chi connectivity index (χ3n) is 3.71. The highest BCUT2D eigenvalue weighted by atomic mass is 16.5. The number of ether oxygens (including phenoxy) is 1. The molecular formula is C16H21NO3. The van der Waals surface area contributed by atoms with Gasteiger partial charge in [-0.05, 0) is 31.0 Å². The first-order chi connectivity index (χ1) is 9.65. The molecule has 0 aliphatic carbocycles. The van der Waals surface area contributed by atoms with E-state index in [0.29, 0.717) is 13.0 Å². The van der Waals surface area contributed by atoms with Crippen LogP contribution in [0.4, 0.5) is 0 Å². The molecule has 108 valence electrons. The lowest BCUT2D eigenvalue weighted by Crippen LogP contribution is -2.44. The number of rotatable bonds is 5. The van der Waals surface area contributed by atoms with Gasteiger partial charge in [-0.25, -0.2) is 0 Å². The first kappa shape index (κ1) is 14.6. The molecule has 2 amide bonds. The molecule has 0 spiro atoms. The average Bonchev–Trinajstić information content (AvgIpc) is 2.43. The number of piperidine rings is 1. The summed E-state index contributed by atoms with van der Waals surface area (Å²) >= 11 is 0. The first-order valence-electron chi connectivity index (χ1n) is 7.22. The van der Waals surface area contributed by atoms with Gasteiger partial charge in [-0.1, -0.05) is 25.5 Å². The second-order valence-corrected chi connectivity index (χ2v) is 5.12. The van der Waals surface area contributed by atoms with Crippen LogP contribution in [-0.2, 0) is 9.59 Å². The molecule has 4 nitrogen and oxygen atoms in total. The summed E-state index contributed by atoms with van der Waals surface area (Å²) < 4.78 is 5.42. The zero-order chi connectivity index (χ0) is 14.5. The summed E-state index contributed by atoms with van der Waals surface area (Å²) in [7, 11) is 0. The van der Waals surface area contributed by atoms with E-state index < -0.39 is 0 Å². The summed E-state index contributed by atoms with van der Waals surface area (Å²) in [6.07, 6.45) is 2.11. The van der Waals surface area contributed by atoms with Crippen molar-refractivity contribution in [2.24, 2.45) is 5.92 Å². The van der Waals surface area contributed by atoms with Crippen LogP contribution in [0.1, 0.15) is 44.6 Å². The third kappa shape index (κ3) is 3.18. The van der Waals surface area contributed by atoms with Gasteiger partial charge in [0.25, 0.3) is 0 Å². The number of amides is 2. The Morgan fingerprint density at radius 2 is 1.90 bits per heavy atom. The van der Waals surface area contributed by atoms with Crippen LogP contribution in [0, 0.1) is 5.92 Å². The van der Waals surface area contributed by atoms with Gasteiger partial charge in [0.05, 0.1) is 6.61 Å². The predicted octanol–water partition coefficient (Wildman–Crippen LogP) is 2.63. The van der Waals surface area contributed by atoms with Gasteiger partial charge in [0, 0.05) is 18.3 Å². The fourth-order valence-corrected chi connectivity index (χ4v) is 2.78. The van der Waals surface area contributed by atoms with Crippen LogP contribution in [0.3, 0.4) is 0 Å². The lowest BCUT2D eigenvalue weighted by atomic mass is 9.78. The summed E-state index contributed by atoms with van der Waals surface area (Å²) in [5.41, 5.74) is 1.04. The maximum Gasteiger partial charge on any atom is 0.230 e. The molecule has 2 atom stereocenters. The highest BCUT2D eigenvalue weighted by Gasteiger charge is 2.35. The molecule has 4 heteroatoms. The molecule has 2 unspecified atom stereocenters. The molecule has 1 fully saturated rings. The predicted molar refractivity (Wildman–Crippen MR) is 76.5 cm³/mol. The largest absolute Gasteiger partial charge is 0.494 e. The SMILES string of the molecule is CCCC1C(=O)NC(=O)CC1c1ccc(OCC)cc1. The normalized spacial score (nSPS) is 22.5. The summed E-state index contributed by atoms with van der Waals surface area (Å²) in [6.45, 7) is 4.62. The molecule has 1 aromatic carbocycles. The van der Waals surface area contributed by atoms with Crippen LogP contribution in [0.25, 0.3) is 0 Å². The minimum Gasteiger partial charge on any atom is -0.494 e. The van der Waals surface area contributed by atoms with Crippen LogP contribution in [-0.4, -0.2) is 18.4 Å². The molecule has 2 rings (SSSR count). The second kappa shape index (κ2) is 6.55. The molecule has 1 N–H and O–H groups in total. The van der Waals surface area contributed by atoms with E-state index >= 15 is 0 Å². The summed E-state index contributed by atoms with van der Waals surface area (Å²) in [4.78, 5) is 23.6. The maximum absolute atomic E-state index is 12.0. The molecule has 20 heavy (non-hydrogen) atoms. The molecule has 1 saturated heterocycles. The Morgan fingerprint density at radius 1 is 1.20 bits per heavy atom. The molecular weight excluding hydrogens is 254 g/mol. The monoisotopic (exact) mass is 275 g/mol. The molecule has 0 bridgehead atoms.